The Hall–Kier alpha value is 0.0300. The number of rotatable bonds is 0. The van der Waals surface area contributed by atoms with Gasteiger partial charge in [0.05, 0.1) is 5.38 Å². The molecule has 0 nitrogen and oxygen atoms in total. The van der Waals surface area contributed by atoms with Crippen molar-refractivity contribution in [3.8, 4) is 0 Å². The second-order valence-corrected chi connectivity index (χ2v) is 4.91. The molecule has 0 N–H and O–H groups in total. The Morgan fingerprint density at radius 1 is 1.45 bits per heavy atom. The van der Waals surface area contributed by atoms with Crippen molar-refractivity contribution in [2.24, 2.45) is 5.41 Å². The SMILES string of the molecule is CC(C)(C)C1=CC(Cl)CCC1. The van der Waals surface area contributed by atoms with Gasteiger partial charge in [0.1, 0.15) is 0 Å². The van der Waals surface area contributed by atoms with Crippen LogP contribution < -0.4 is 0 Å². The Labute approximate surface area is 74.6 Å². The molecule has 1 atom stereocenters. The van der Waals surface area contributed by atoms with Gasteiger partial charge in [-0.25, -0.2) is 0 Å². The largest absolute Gasteiger partial charge is 0.118 e. The molecule has 0 saturated heterocycles. The minimum atomic E-state index is 0.290. The Kier molecular flexibility index (Phi) is 2.64. The standard InChI is InChI=1S/C10H17Cl/c1-10(2,3)8-5-4-6-9(11)7-8/h7,9H,4-6H2,1-3H3. The van der Waals surface area contributed by atoms with Gasteiger partial charge in [0.25, 0.3) is 0 Å². The Morgan fingerprint density at radius 3 is 2.45 bits per heavy atom. The van der Waals surface area contributed by atoms with Crippen molar-refractivity contribution < 1.29 is 0 Å². The lowest BCUT2D eigenvalue weighted by Gasteiger charge is -2.27. The first kappa shape index (κ1) is 9.12. The van der Waals surface area contributed by atoms with E-state index in [1.165, 1.54) is 18.4 Å². The molecule has 0 aromatic heterocycles. The summed E-state index contributed by atoms with van der Waals surface area (Å²) < 4.78 is 0. The lowest BCUT2D eigenvalue weighted by Crippen LogP contribution is -2.15. The Bertz CT molecular complexity index is 162. The van der Waals surface area contributed by atoms with E-state index in [2.05, 4.69) is 26.8 Å². The highest BCUT2D eigenvalue weighted by Gasteiger charge is 2.20. The summed E-state index contributed by atoms with van der Waals surface area (Å²) in [6.07, 6.45) is 5.90. The molecule has 1 aliphatic rings. The van der Waals surface area contributed by atoms with Crippen LogP contribution in [0, 0.1) is 5.41 Å². The van der Waals surface area contributed by atoms with Crippen molar-refractivity contribution >= 4 is 11.6 Å². The third-order valence-electron chi connectivity index (χ3n) is 2.27. The van der Waals surface area contributed by atoms with Gasteiger partial charge in [-0.05, 0) is 24.7 Å². The molecule has 0 saturated carbocycles. The average Bonchev–Trinajstić information content (AvgIpc) is 1.86. The van der Waals surface area contributed by atoms with E-state index in [1.54, 1.807) is 0 Å². The quantitative estimate of drug-likeness (QED) is 0.386. The van der Waals surface area contributed by atoms with E-state index in [0.29, 0.717) is 5.41 Å². The van der Waals surface area contributed by atoms with E-state index < -0.39 is 0 Å². The van der Waals surface area contributed by atoms with Crippen LogP contribution in [0.25, 0.3) is 0 Å². The fraction of sp³-hybridized carbons (Fsp3) is 0.800. The van der Waals surface area contributed by atoms with Gasteiger partial charge >= 0.3 is 0 Å². The number of alkyl halides is 1. The lowest BCUT2D eigenvalue weighted by molar-refractivity contribution is 0.461. The van der Waals surface area contributed by atoms with Crippen LogP contribution in [0.2, 0.25) is 0 Å². The highest BCUT2D eigenvalue weighted by Crippen LogP contribution is 2.34. The molecule has 11 heavy (non-hydrogen) atoms. The molecule has 0 amide bonds. The van der Waals surface area contributed by atoms with Crippen LogP contribution in [0.15, 0.2) is 11.6 Å². The fourth-order valence-electron chi connectivity index (χ4n) is 1.50. The van der Waals surface area contributed by atoms with Gasteiger partial charge in [-0.15, -0.1) is 11.6 Å². The maximum absolute atomic E-state index is 6.04. The molecule has 0 aliphatic heterocycles. The van der Waals surface area contributed by atoms with Crippen LogP contribution in [-0.2, 0) is 0 Å². The number of hydrogen-bond donors (Lipinski definition) is 0. The van der Waals surface area contributed by atoms with E-state index >= 15 is 0 Å². The van der Waals surface area contributed by atoms with E-state index in [4.69, 9.17) is 11.6 Å². The molecule has 0 fully saturated rings. The maximum atomic E-state index is 6.04. The summed E-state index contributed by atoms with van der Waals surface area (Å²) in [5, 5.41) is 0.290. The molecule has 0 spiro atoms. The van der Waals surface area contributed by atoms with Crippen LogP contribution in [0.5, 0.6) is 0 Å². The summed E-state index contributed by atoms with van der Waals surface area (Å²) in [6.45, 7) is 6.77. The molecule has 0 aromatic carbocycles. The molecular weight excluding hydrogens is 156 g/mol. The number of allylic oxidation sites excluding steroid dienone is 2. The first-order chi connectivity index (χ1) is 5.00. The minimum Gasteiger partial charge on any atom is -0.118 e. The predicted octanol–water partition coefficient (Wildman–Crippen LogP) is 3.75. The van der Waals surface area contributed by atoms with Crippen molar-refractivity contribution in [3.63, 3.8) is 0 Å². The van der Waals surface area contributed by atoms with E-state index in [1.807, 2.05) is 0 Å². The van der Waals surface area contributed by atoms with Crippen LogP contribution in [0.1, 0.15) is 40.0 Å². The molecule has 1 rings (SSSR count). The van der Waals surface area contributed by atoms with Gasteiger partial charge in [-0.3, -0.25) is 0 Å². The highest BCUT2D eigenvalue weighted by atomic mass is 35.5. The smallest absolute Gasteiger partial charge is 0.0518 e. The van der Waals surface area contributed by atoms with Crippen molar-refractivity contribution in [1.82, 2.24) is 0 Å². The van der Waals surface area contributed by atoms with Crippen LogP contribution in [0.4, 0.5) is 0 Å². The zero-order chi connectivity index (χ0) is 8.48. The van der Waals surface area contributed by atoms with Gasteiger partial charge in [0, 0.05) is 0 Å². The fourth-order valence-corrected chi connectivity index (χ4v) is 1.80. The molecule has 0 bridgehead atoms. The Morgan fingerprint density at radius 2 is 2.09 bits per heavy atom. The van der Waals surface area contributed by atoms with Gasteiger partial charge in [0.2, 0.25) is 0 Å². The third kappa shape index (κ3) is 2.52. The molecule has 0 radical (unpaired) electrons. The molecule has 1 aliphatic carbocycles. The third-order valence-corrected chi connectivity index (χ3v) is 2.62. The van der Waals surface area contributed by atoms with Crippen molar-refractivity contribution in [3.05, 3.63) is 11.6 Å². The summed E-state index contributed by atoms with van der Waals surface area (Å²) >= 11 is 6.04. The zero-order valence-corrected chi connectivity index (χ0v) is 8.41. The Balaban J connectivity index is 2.71. The van der Waals surface area contributed by atoms with E-state index in [-0.39, 0.29) is 5.38 Å². The second-order valence-electron chi connectivity index (χ2n) is 4.35. The molecule has 0 aromatic rings. The van der Waals surface area contributed by atoms with E-state index in [9.17, 15) is 0 Å². The van der Waals surface area contributed by atoms with Crippen LogP contribution in [-0.4, -0.2) is 5.38 Å². The monoisotopic (exact) mass is 172 g/mol. The average molecular weight is 173 g/mol. The maximum Gasteiger partial charge on any atom is 0.0518 e. The minimum absolute atomic E-state index is 0.290. The van der Waals surface area contributed by atoms with E-state index in [0.717, 1.165) is 6.42 Å². The summed E-state index contributed by atoms with van der Waals surface area (Å²) in [5.41, 5.74) is 1.86. The molecule has 0 heterocycles. The van der Waals surface area contributed by atoms with Crippen LogP contribution >= 0.6 is 11.6 Å². The summed E-state index contributed by atoms with van der Waals surface area (Å²) in [5.74, 6) is 0. The lowest BCUT2D eigenvalue weighted by atomic mass is 9.80. The second kappa shape index (κ2) is 3.18. The normalized spacial score (nSPS) is 26.5. The zero-order valence-electron chi connectivity index (χ0n) is 7.65. The predicted molar refractivity (Wildman–Crippen MR) is 51.0 cm³/mol. The van der Waals surface area contributed by atoms with Crippen LogP contribution in [0.3, 0.4) is 0 Å². The van der Waals surface area contributed by atoms with Gasteiger partial charge in [-0.1, -0.05) is 32.4 Å². The van der Waals surface area contributed by atoms with Gasteiger partial charge < -0.3 is 0 Å². The summed E-state index contributed by atoms with van der Waals surface area (Å²) in [6, 6.07) is 0. The number of hydrogen-bond acceptors (Lipinski definition) is 0. The molecule has 1 heteroatoms. The number of halogens is 1. The molecular formula is C10H17Cl. The van der Waals surface area contributed by atoms with Gasteiger partial charge in [-0.2, -0.15) is 0 Å². The topological polar surface area (TPSA) is 0 Å². The first-order valence-corrected chi connectivity index (χ1v) is 4.79. The summed E-state index contributed by atoms with van der Waals surface area (Å²) in [4.78, 5) is 0. The first-order valence-electron chi connectivity index (χ1n) is 4.35. The van der Waals surface area contributed by atoms with Crippen molar-refractivity contribution in [2.45, 2.75) is 45.4 Å². The molecule has 1 unspecified atom stereocenters. The van der Waals surface area contributed by atoms with Crippen molar-refractivity contribution in [1.29, 1.82) is 0 Å². The molecule has 64 valence electrons. The highest BCUT2D eigenvalue weighted by molar-refractivity contribution is 6.21. The van der Waals surface area contributed by atoms with Gasteiger partial charge in [0.15, 0.2) is 0 Å². The van der Waals surface area contributed by atoms with Crippen molar-refractivity contribution in [2.75, 3.05) is 0 Å². The summed E-state index contributed by atoms with van der Waals surface area (Å²) in [7, 11) is 0.